The van der Waals surface area contributed by atoms with Crippen LogP contribution in [0.3, 0.4) is 0 Å². The molecular weight excluding hydrogens is 364 g/mol. The number of sulfonamides is 1. The van der Waals surface area contributed by atoms with Crippen LogP contribution in [0.2, 0.25) is 0 Å². The summed E-state index contributed by atoms with van der Waals surface area (Å²) in [6.45, 7) is 8.91. The SMILES string of the molecule is Cc1ccc(S(=O)(=O)N2CCCCC2)cc1C(=O)NCCCOCC(C)C. The molecule has 1 aromatic carbocycles. The fourth-order valence-corrected chi connectivity index (χ4v) is 4.59. The van der Waals surface area contributed by atoms with Gasteiger partial charge in [-0.25, -0.2) is 8.42 Å². The first-order valence-electron chi connectivity index (χ1n) is 9.79. The van der Waals surface area contributed by atoms with E-state index in [0.29, 0.717) is 44.3 Å². The number of rotatable bonds is 9. The largest absolute Gasteiger partial charge is 0.381 e. The number of benzene rings is 1. The van der Waals surface area contributed by atoms with Gasteiger partial charge in [-0.3, -0.25) is 4.79 Å². The molecule has 0 aromatic heterocycles. The quantitative estimate of drug-likeness (QED) is 0.651. The maximum atomic E-state index is 12.8. The topological polar surface area (TPSA) is 75.7 Å². The number of carbonyl (C=O) groups excluding carboxylic acids is 1. The van der Waals surface area contributed by atoms with Crippen molar-refractivity contribution in [2.45, 2.75) is 51.3 Å². The van der Waals surface area contributed by atoms with Gasteiger partial charge in [0.15, 0.2) is 0 Å². The van der Waals surface area contributed by atoms with Crippen LogP contribution in [-0.4, -0.2) is 51.5 Å². The van der Waals surface area contributed by atoms with E-state index in [1.165, 1.54) is 10.4 Å². The van der Waals surface area contributed by atoms with Gasteiger partial charge in [0.2, 0.25) is 10.0 Å². The highest BCUT2D eigenvalue weighted by Gasteiger charge is 2.27. The van der Waals surface area contributed by atoms with Gasteiger partial charge >= 0.3 is 0 Å². The van der Waals surface area contributed by atoms with Crippen LogP contribution < -0.4 is 5.32 Å². The Hall–Kier alpha value is -1.44. The number of carbonyl (C=O) groups is 1. The highest BCUT2D eigenvalue weighted by molar-refractivity contribution is 7.89. The molecule has 1 N–H and O–H groups in total. The van der Waals surface area contributed by atoms with Crippen molar-refractivity contribution in [3.63, 3.8) is 0 Å². The summed E-state index contributed by atoms with van der Waals surface area (Å²) in [4.78, 5) is 12.7. The highest BCUT2D eigenvalue weighted by atomic mass is 32.2. The van der Waals surface area contributed by atoms with Crippen molar-refractivity contribution >= 4 is 15.9 Å². The maximum absolute atomic E-state index is 12.8. The zero-order valence-corrected chi connectivity index (χ0v) is 17.5. The van der Waals surface area contributed by atoms with Gasteiger partial charge in [-0.2, -0.15) is 4.31 Å². The van der Waals surface area contributed by atoms with Crippen LogP contribution in [0.1, 0.15) is 55.5 Å². The van der Waals surface area contributed by atoms with Crippen LogP contribution in [0.5, 0.6) is 0 Å². The van der Waals surface area contributed by atoms with Gasteiger partial charge in [-0.15, -0.1) is 0 Å². The van der Waals surface area contributed by atoms with Gasteiger partial charge in [0.25, 0.3) is 5.91 Å². The molecule has 1 saturated heterocycles. The summed E-state index contributed by atoms with van der Waals surface area (Å²) in [5.74, 6) is 0.249. The number of hydrogen-bond donors (Lipinski definition) is 1. The van der Waals surface area contributed by atoms with Crippen molar-refractivity contribution in [2.75, 3.05) is 32.8 Å². The molecule has 0 aliphatic carbocycles. The minimum Gasteiger partial charge on any atom is -0.381 e. The number of aryl methyl sites for hydroxylation is 1. The highest BCUT2D eigenvalue weighted by Crippen LogP contribution is 2.22. The lowest BCUT2D eigenvalue weighted by Crippen LogP contribution is -2.35. The number of hydrogen-bond acceptors (Lipinski definition) is 4. The van der Waals surface area contributed by atoms with E-state index in [1.54, 1.807) is 12.1 Å². The molecule has 27 heavy (non-hydrogen) atoms. The smallest absolute Gasteiger partial charge is 0.251 e. The normalized spacial score (nSPS) is 15.9. The van der Waals surface area contributed by atoms with Crippen LogP contribution in [0.15, 0.2) is 23.1 Å². The summed E-state index contributed by atoms with van der Waals surface area (Å²) in [6, 6.07) is 4.80. The van der Waals surface area contributed by atoms with Crippen LogP contribution in [0.4, 0.5) is 0 Å². The number of nitrogens with zero attached hydrogens (tertiary/aromatic N) is 1. The summed E-state index contributed by atoms with van der Waals surface area (Å²) < 4.78 is 32.7. The second kappa shape index (κ2) is 10.2. The number of amides is 1. The Kier molecular flexibility index (Phi) is 8.26. The lowest BCUT2D eigenvalue weighted by atomic mass is 10.1. The summed E-state index contributed by atoms with van der Waals surface area (Å²) in [5, 5.41) is 2.86. The lowest BCUT2D eigenvalue weighted by molar-refractivity contribution is 0.0924. The first kappa shape index (κ1) is 21.9. The number of piperidine rings is 1. The fraction of sp³-hybridized carbons (Fsp3) is 0.650. The molecule has 1 amide bonds. The van der Waals surface area contributed by atoms with Crippen LogP contribution in [0.25, 0.3) is 0 Å². The van der Waals surface area contributed by atoms with Gasteiger partial charge < -0.3 is 10.1 Å². The second-order valence-corrected chi connectivity index (χ2v) is 9.46. The number of nitrogens with one attached hydrogen (secondary N) is 1. The summed E-state index contributed by atoms with van der Waals surface area (Å²) in [7, 11) is -3.54. The zero-order chi connectivity index (χ0) is 19.9. The Morgan fingerprint density at radius 3 is 2.59 bits per heavy atom. The first-order chi connectivity index (χ1) is 12.8. The van der Waals surface area contributed by atoms with E-state index >= 15 is 0 Å². The van der Waals surface area contributed by atoms with E-state index in [9.17, 15) is 13.2 Å². The third kappa shape index (κ3) is 6.30. The van der Waals surface area contributed by atoms with E-state index in [4.69, 9.17) is 4.74 Å². The molecule has 1 aromatic rings. The molecule has 1 aliphatic rings. The van der Waals surface area contributed by atoms with Gasteiger partial charge in [-0.1, -0.05) is 26.3 Å². The summed E-state index contributed by atoms with van der Waals surface area (Å²) in [6.07, 6.45) is 3.56. The molecule has 2 rings (SSSR count). The Balaban J connectivity index is 1.98. The molecule has 1 aliphatic heterocycles. The van der Waals surface area contributed by atoms with Gasteiger partial charge in [0.1, 0.15) is 0 Å². The van der Waals surface area contributed by atoms with Crippen molar-refractivity contribution in [3.8, 4) is 0 Å². The molecule has 6 nitrogen and oxygen atoms in total. The Morgan fingerprint density at radius 2 is 1.93 bits per heavy atom. The average Bonchev–Trinajstić information content (AvgIpc) is 2.65. The molecule has 0 spiro atoms. The first-order valence-corrected chi connectivity index (χ1v) is 11.2. The van der Waals surface area contributed by atoms with E-state index < -0.39 is 10.0 Å². The monoisotopic (exact) mass is 396 g/mol. The third-order valence-electron chi connectivity index (χ3n) is 4.61. The molecule has 1 heterocycles. The second-order valence-electron chi connectivity index (χ2n) is 7.52. The Morgan fingerprint density at radius 1 is 1.22 bits per heavy atom. The summed E-state index contributed by atoms with van der Waals surface area (Å²) in [5.41, 5.74) is 1.18. The van der Waals surface area contributed by atoms with Gasteiger partial charge in [0, 0.05) is 38.4 Å². The van der Waals surface area contributed by atoms with E-state index in [1.807, 2.05) is 6.92 Å². The molecular formula is C20H32N2O4S. The van der Waals surface area contributed by atoms with Crippen molar-refractivity contribution < 1.29 is 17.9 Å². The maximum Gasteiger partial charge on any atom is 0.251 e. The molecule has 0 saturated carbocycles. The Labute approximate surface area is 163 Å². The average molecular weight is 397 g/mol. The summed E-state index contributed by atoms with van der Waals surface area (Å²) >= 11 is 0. The lowest BCUT2D eigenvalue weighted by Gasteiger charge is -2.26. The van der Waals surface area contributed by atoms with Crippen molar-refractivity contribution in [3.05, 3.63) is 29.3 Å². The molecule has 0 atom stereocenters. The molecule has 1 fully saturated rings. The van der Waals surface area contributed by atoms with Crippen LogP contribution in [-0.2, 0) is 14.8 Å². The standard InChI is InChI=1S/C20H32N2O4S/c1-16(2)15-26-13-7-10-21-20(23)19-14-18(9-8-17(19)3)27(24,25)22-11-5-4-6-12-22/h8-9,14,16H,4-7,10-13,15H2,1-3H3,(H,21,23). The third-order valence-corrected chi connectivity index (χ3v) is 6.50. The van der Waals surface area contributed by atoms with Crippen molar-refractivity contribution in [2.24, 2.45) is 5.92 Å². The number of ether oxygens (including phenoxy) is 1. The van der Waals surface area contributed by atoms with Crippen molar-refractivity contribution in [1.82, 2.24) is 9.62 Å². The Bertz CT molecular complexity index is 725. The van der Waals surface area contributed by atoms with E-state index in [2.05, 4.69) is 19.2 Å². The van der Waals surface area contributed by atoms with Crippen LogP contribution in [0, 0.1) is 12.8 Å². The van der Waals surface area contributed by atoms with Gasteiger partial charge in [-0.05, 0) is 49.8 Å². The minimum atomic E-state index is -3.54. The zero-order valence-electron chi connectivity index (χ0n) is 16.7. The van der Waals surface area contributed by atoms with E-state index in [0.717, 1.165) is 31.2 Å². The molecule has 7 heteroatoms. The predicted molar refractivity (Wildman–Crippen MR) is 106 cm³/mol. The minimum absolute atomic E-state index is 0.195. The fourth-order valence-electron chi connectivity index (χ4n) is 3.05. The molecule has 152 valence electrons. The van der Waals surface area contributed by atoms with Crippen LogP contribution >= 0.6 is 0 Å². The van der Waals surface area contributed by atoms with Gasteiger partial charge in [0.05, 0.1) is 4.90 Å². The molecule has 0 bridgehead atoms. The predicted octanol–water partition coefficient (Wildman–Crippen LogP) is 2.96. The van der Waals surface area contributed by atoms with Crippen molar-refractivity contribution in [1.29, 1.82) is 0 Å². The molecule has 0 radical (unpaired) electrons. The van der Waals surface area contributed by atoms with E-state index in [-0.39, 0.29) is 10.8 Å². The molecule has 0 unspecified atom stereocenters.